The zero-order valence-electron chi connectivity index (χ0n) is 14.7. The average molecular weight is 384 g/mol. The third kappa shape index (κ3) is 3.94. The van der Waals surface area contributed by atoms with Crippen molar-refractivity contribution in [2.24, 2.45) is 0 Å². The molecule has 1 amide bonds. The van der Waals surface area contributed by atoms with E-state index in [0.29, 0.717) is 30.4 Å². The van der Waals surface area contributed by atoms with Crippen molar-refractivity contribution in [2.45, 2.75) is 6.54 Å². The molecule has 1 saturated heterocycles. The number of aromatic nitrogens is 1. The predicted molar refractivity (Wildman–Crippen MR) is 104 cm³/mol. The van der Waals surface area contributed by atoms with Gasteiger partial charge < -0.3 is 4.90 Å². The Hall–Kier alpha value is -2.50. The first-order valence-electron chi connectivity index (χ1n) is 8.91. The summed E-state index contributed by atoms with van der Waals surface area (Å²) in [5, 5.41) is 1.46. The fourth-order valence-corrected chi connectivity index (χ4v) is 3.57. The summed E-state index contributed by atoms with van der Waals surface area (Å²) in [6.45, 7) is 3.40. The molecule has 0 aliphatic carbocycles. The van der Waals surface area contributed by atoms with Crippen LogP contribution in [0.5, 0.6) is 0 Å². The summed E-state index contributed by atoms with van der Waals surface area (Å²) < 4.78 is 13.2. The summed E-state index contributed by atoms with van der Waals surface area (Å²) in [5.41, 5.74) is 2.20. The van der Waals surface area contributed by atoms with E-state index in [1.165, 1.54) is 12.1 Å². The van der Waals surface area contributed by atoms with Gasteiger partial charge in [0.1, 0.15) is 11.5 Å². The van der Waals surface area contributed by atoms with Gasteiger partial charge in [-0.25, -0.2) is 9.37 Å². The number of carbonyl (C=O) groups is 1. The first-order valence-corrected chi connectivity index (χ1v) is 9.29. The maximum Gasteiger partial charge on any atom is 0.272 e. The van der Waals surface area contributed by atoms with Crippen molar-refractivity contribution in [3.8, 4) is 0 Å². The second kappa shape index (κ2) is 7.62. The molecule has 2 aromatic carbocycles. The number of nitrogens with zero attached hydrogens (tertiary/aromatic N) is 3. The van der Waals surface area contributed by atoms with Crippen LogP contribution in [0.3, 0.4) is 0 Å². The molecule has 0 bridgehead atoms. The molecule has 0 N–H and O–H groups in total. The third-order valence-corrected chi connectivity index (χ3v) is 5.24. The lowest BCUT2D eigenvalue weighted by molar-refractivity contribution is 0.0623. The van der Waals surface area contributed by atoms with Crippen LogP contribution in [0.1, 0.15) is 16.1 Å². The Morgan fingerprint density at radius 3 is 2.59 bits per heavy atom. The van der Waals surface area contributed by atoms with Crippen molar-refractivity contribution >= 4 is 28.4 Å². The Kier molecular flexibility index (Phi) is 5.05. The van der Waals surface area contributed by atoms with Crippen LogP contribution in [0.25, 0.3) is 10.9 Å². The molecule has 0 saturated carbocycles. The average Bonchev–Trinajstić information content (AvgIpc) is 2.70. The predicted octanol–water partition coefficient (Wildman–Crippen LogP) is 3.99. The molecule has 1 fully saturated rings. The first-order chi connectivity index (χ1) is 13.1. The molecule has 0 unspecified atom stereocenters. The summed E-state index contributed by atoms with van der Waals surface area (Å²) in [7, 11) is 0. The first kappa shape index (κ1) is 17.9. The highest BCUT2D eigenvalue weighted by Crippen LogP contribution is 2.20. The van der Waals surface area contributed by atoms with Gasteiger partial charge in [-0.1, -0.05) is 41.9 Å². The van der Waals surface area contributed by atoms with Crippen LogP contribution in [0.4, 0.5) is 4.39 Å². The quantitative estimate of drug-likeness (QED) is 0.686. The van der Waals surface area contributed by atoms with E-state index in [1.54, 1.807) is 12.1 Å². The van der Waals surface area contributed by atoms with E-state index < -0.39 is 0 Å². The second-order valence-electron chi connectivity index (χ2n) is 6.69. The van der Waals surface area contributed by atoms with Gasteiger partial charge in [0.15, 0.2) is 0 Å². The number of piperazine rings is 1. The normalized spacial score (nSPS) is 15.3. The van der Waals surface area contributed by atoms with Gasteiger partial charge in [-0.05, 0) is 29.8 Å². The smallest absolute Gasteiger partial charge is 0.272 e. The van der Waals surface area contributed by atoms with Gasteiger partial charge in [-0.3, -0.25) is 9.69 Å². The minimum absolute atomic E-state index is 0.0415. The highest BCUT2D eigenvalue weighted by Gasteiger charge is 2.23. The number of fused-ring (bicyclic) bond motifs is 1. The van der Waals surface area contributed by atoms with E-state index in [4.69, 9.17) is 11.6 Å². The van der Waals surface area contributed by atoms with E-state index in [-0.39, 0.29) is 11.7 Å². The molecule has 138 valence electrons. The number of para-hydroxylation sites is 1. The maximum absolute atomic E-state index is 13.2. The molecule has 4 nitrogen and oxygen atoms in total. The zero-order valence-corrected chi connectivity index (χ0v) is 15.5. The maximum atomic E-state index is 13.2. The van der Waals surface area contributed by atoms with Gasteiger partial charge >= 0.3 is 0 Å². The summed E-state index contributed by atoms with van der Waals surface area (Å²) in [5.74, 6) is -0.373. The Bertz CT molecular complexity index is 986. The Labute approximate surface area is 162 Å². The summed E-state index contributed by atoms with van der Waals surface area (Å²) in [4.78, 5) is 21.3. The van der Waals surface area contributed by atoms with Gasteiger partial charge in [0.25, 0.3) is 5.91 Å². The number of halogens is 2. The van der Waals surface area contributed by atoms with E-state index in [9.17, 15) is 9.18 Å². The number of amides is 1. The fraction of sp³-hybridized carbons (Fsp3) is 0.238. The molecule has 0 spiro atoms. The molecule has 1 aliphatic rings. The molecule has 3 aromatic rings. The van der Waals surface area contributed by atoms with Gasteiger partial charge in [0, 0.05) is 43.1 Å². The summed E-state index contributed by atoms with van der Waals surface area (Å²) in [6.07, 6.45) is 0. The Balaban J connectivity index is 1.40. The van der Waals surface area contributed by atoms with Gasteiger partial charge in [0.05, 0.1) is 5.52 Å². The Morgan fingerprint density at radius 1 is 1.04 bits per heavy atom. The van der Waals surface area contributed by atoms with Crippen LogP contribution in [-0.4, -0.2) is 46.9 Å². The van der Waals surface area contributed by atoms with Gasteiger partial charge in [-0.2, -0.15) is 0 Å². The molecule has 1 aliphatic heterocycles. The number of rotatable bonds is 3. The number of hydrogen-bond donors (Lipinski definition) is 0. The topological polar surface area (TPSA) is 36.4 Å². The van der Waals surface area contributed by atoms with Crippen molar-refractivity contribution < 1.29 is 9.18 Å². The van der Waals surface area contributed by atoms with Crippen LogP contribution < -0.4 is 0 Å². The highest BCUT2D eigenvalue weighted by atomic mass is 35.5. The number of hydrogen-bond acceptors (Lipinski definition) is 3. The largest absolute Gasteiger partial charge is 0.335 e. The third-order valence-electron chi connectivity index (χ3n) is 4.89. The second-order valence-corrected chi connectivity index (χ2v) is 7.10. The van der Waals surface area contributed by atoms with Crippen LogP contribution in [-0.2, 0) is 6.54 Å². The molecule has 4 rings (SSSR count). The van der Waals surface area contributed by atoms with E-state index in [1.807, 2.05) is 35.2 Å². The molecule has 27 heavy (non-hydrogen) atoms. The van der Waals surface area contributed by atoms with Crippen molar-refractivity contribution in [2.75, 3.05) is 26.2 Å². The van der Waals surface area contributed by atoms with Gasteiger partial charge in [-0.15, -0.1) is 0 Å². The van der Waals surface area contributed by atoms with E-state index in [0.717, 1.165) is 29.6 Å². The lowest BCUT2D eigenvalue weighted by Crippen LogP contribution is -2.48. The SMILES string of the molecule is O=C(c1ccc2ccccc2n1)N1CCN(Cc2ccc(F)cc2Cl)CC1. The van der Waals surface area contributed by atoms with Crippen molar-refractivity contribution in [1.29, 1.82) is 0 Å². The van der Waals surface area contributed by atoms with Crippen molar-refractivity contribution in [3.63, 3.8) is 0 Å². The number of carbonyl (C=O) groups excluding carboxylic acids is 1. The van der Waals surface area contributed by atoms with Crippen LogP contribution in [0.15, 0.2) is 54.6 Å². The van der Waals surface area contributed by atoms with E-state index >= 15 is 0 Å². The lowest BCUT2D eigenvalue weighted by atomic mass is 10.1. The molecule has 2 heterocycles. The minimum atomic E-state index is -0.331. The standard InChI is InChI=1S/C21H19ClFN3O/c22-18-13-17(23)7-5-16(18)14-25-9-11-26(12-10-25)21(27)20-8-6-15-3-1-2-4-19(15)24-20/h1-8,13H,9-12,14H2. The fourth-order valence-electron chi connectivity index (χ4n) is 3.35. The molecule has 1 aromatic heterocycles. The lowest BCUT2D eigenvalue weighted by Gasteiger charge is -2.34. The Morgan fingerprint density at radius 2 is 1.81 bits per heavy atom. The number of pyridine rings is 1. The molecule has 0 atom stereocenters. The van der Waals surface area contributed by atoms with Crippen molar-refractivity contribution in [3.05, 3.63) is 76.7 Å². The zero-order chi connectivity index (χ0) is 18.8. The minimum Gasteiger partial charge on any atom is -0.335 e. The summed E-state index contributed by atoms with van der Waals surface area (Å²) in [6, 6.07) is 16.0. The molecular formula is C21H19ClFN3O. The molecule has 6 heteroatoms. The van der Waals surface area contributed by atoms with E-state index in [2.05, 4.69) is 9.88 Å². The molecule has 0 radical (unpaired) electrons. The van der Waals surface area contributed by atoms with Crippen molar-refractivity contribution in [1.82, 2.24) is 14.8 Å². The van der Waals surface area contributed by atoms with Crippen LogP contribution >= 0.6 is 11.6 Å². The monoisotopic (exact) mass is 383 g/mol. The van der Waals surface area contributed by atoms with Crippen LogP contribution in [0.2, 0.25) is 5.02 Å². The number of benzene rings is 2. The molecular weight excluding hydrogens is 365 g/mol. The van der Waals surface area contributed by atoms with Gasteiger partial charge in [0.2, 0.25) is 0 Å². The highest BCUT2D eigenvalue weighted by molar-refractivity contribution is 6.31. The summed E-state index contributed by atoms with van der Waals surface area (Å²) >= 11 is 6.12. The van der Waals surface area contributed by atoms with Crippen LogP contribution in [0, 0.1) is 5.82 Å².